The van der Waals surface area contributed by atoms with Gasteiger partial charge in [0.15, 0.2) is 0 Å². The maximum absolute atomic E-state index is 3.47. The fourth-order valence-electron chi connectivity index (χ4n) is 3.17. The highest BCUT2D eigenvalue weighted by atomic mass is 15.2. The molecular weight excluding hydrogens is 184 g/mol. The molecule has 1 atom stereocenters. The van der Waals surface area contributed by atoms with E-state index in [1.807, 2.05) is 0 Å². The van der Waals surface area contributed by atoms with E-state index in [2.05, 4.69) is 24.1 Å². The number of nitrogens with zero attached hydrogens (tertiary/aromatic N) is 1. The highest BCUT2D eigenvalue weighted by Crippen LogP contribution is 2.25. The first kappa shape index (κ1) is 11.4. The Hall–Kier alpha value is -0.0800. The summed E-state index contributed by atoms with van der Waals surface area (Å²) < 4.78 is 0. The van der Waals surface area contributed by atoms with E-state index in [1.54, 1.807) is 0 Å². The standard InChI is InChI=1S/C13H26N2/c1-11(2)9-12-4-7-15(8-5-12)13-3-6-14-10-13/h11-14H,3-10H2,1-2H3. The zero-order valence-electron chi connectivity index (χ0n) is 10.3. The van der Waals surface area contributed by atoms with Crippen molar-refractivity contribution < 1.29 is 0 Å². The van der Waals surface area contributed by atoms with E-state index in [-0.39, 0.29) is 0 Å². The molecule has 0 amide bonds. The molecule has 2 heteroatoms. The van der Waals surface area contributed by atoms with Gasteiger partial charge in [-0.05, 0) is 57.2 Å². The quantitative estimate of drug-likeness (QED) is 0.767. The number of hydrogen-bond donors (Lipinski definition) is 1. The van der Waals surface area contributed by atoms with Crippen LogP contribution in [-0.4, -0.2) is 37.1 Å². The van der Waals surface area contributed by atoms with Crippen LogP contribution in [0.5, 0.6) is 0 Å². The smallest absolute Gasteiger partial charge is 0.0232 e. The third-order valence-electron chi connectivity index (χ3n) is 4.00. The average molecular weight is 210 g/mol. The largest absolute Gasteiger partial charge is 0.315 e. The van der Waals surface area contributed by atoms with Crippen molar-refractivity contribution in [3.63, 3.8) is 0 Å². The monoisotopic (exact) mass is 210 g/mol. The van der Waals surface area contributed by atoms with Crippen molar-refractivity contribution in [3.8, 4) is 0 Å². The molecule has 15 heavy (non-hydrogen) atoms. The molecule has 2 aliphatic heterocycles. The van der Waals surface area contributed by atoms with Gasteiger partial charge < -0.3 is 5.32 Å². The molecule has 0 radical (unpaired) electrons. The fraction of sp³-hybridized carbons (Fsp3) is 1.00. The Morgan fingerprint density at radius 2 is 1.93 bits per heavy atom. The fourth-order valence-corrected chi connectivity index (χ4v) is 3.17. The Morgan fingerprint density at radius 1 is 1.20 bits per heavy atom. The normalized spacial score (nSPS) is 30.2. The van der Waals surface area contributed by atoms with Gasteiger partial charge in [-0.15, -0.1) is 0 Å². The van der Waals surface area contributed by atoms with Crippen LogP contribution in [0.1, 0.15) is 39.5 Å². The minimum Gasteiger partial charge on any atom is -0.315 e. The van der Waals surface area contributed by atoms with Crippen molar-refractivity contribution in [1.29, 1.82) is 0 Å². The Kier molecular flexibility index (Phi) is 4.04. The van der Waals surface area contributed by atoms with Gasteiger partial charge in [0.2, 0.25) is 0 Å². The van der Waals surface area contributed by atoms with Crippen LogP contribution in [0, 0.1) is 11.8 Å². The lowest BCUT2D eigenvalue weighted by Crippen LogP contribution is -2.42. The van der Waals surface area contributed by atoms with Gasteiger partial charge in [-0.3, -0.25) is 4.90 Å². The highest BCUT2D eigenvalue weighted by Gasteiger charge is 2.26. The molecule has 0 spiro atoms. The van der Waals surface area contributed by atoms with Crippen LogP contribution in [0.2, 0.25) is 0 Å². The number of rotatable bonds is 3. The van der Waals surface area contributed by atoms with Gasteiger partial charge in [-0.25, -0.2) is 0 Å². The Labute approximate surface area is 94.4 Å². The minimum absolute atomic E-state index is 0.852. The van der Waals surface area contributed by atoms with Gasteiger partial charge in [0.25, 0.3) is 0 Å². The summed E-state index contributed by atoms with van der Waals surface area (Å²) in [7, 11) is 0. The second-order valence-corrected chi connectivity index (χ2v) is 5.76. The first-order valence-electron chi connectivity index (χ1n) is 6.70. The Morgan fingerprint density at radius 3 is 2.47 bits per heavy atom. The summed E-state index contributed by atoms with van der Waals surface area (Å²) in [6, 6.07) is 0.852. The van der Waals surface area contributed by atoms with E-state index in [0.29, 0.717) is 0 Å². The lowest BCUT2D eigenvalue weighted by atomic mass is 9.88. The molecule has 2 rings (SSSR count). The third-order valence-corrected chi connectivity index (χ3v) is 4.00. The molecule has 1 unspecified atom stereocenters. The zero-order chi connectivity index (χ0) is 10.7. The molecule has 0 saturated carbocycles. The Balaban J connectivity index is 1.71. The van der Waals surface area contributed by atoms with Crippen LogP contribution in [0.25, 0.3) is 0 Å². The average Bonchev–Trinajstić information content (AvgIpc) is 2.71. The van der Waals surface area contributed by atoms with E-state index >= 15 is 0 Å². The van der Waals surface area contributed by atoms with Crippen molar-refractivity contribution in [1.82, 2.24) is 10.2 Å². The van der Waals surface area contributed by atoms with E-state index in [9.17, 15) is 0 Å². The summed E-state index contributed by atoms with van der Waals surface area (Å²) in [5.74, 6) is 1.89. The van der Waals surface area contributed by atoms with Crippen LogP contribution < -0.4 is 5.32 Å². The van der Waals surface area contributed by atoms with Crippen molar-refractivity contribution >= 4 is 0 Å². The van der Waals surface area contributed by atoms with Crippen LogP contribution in [0.4, 0.5) is 0 Å². The van der Waals surface area contributed by atoms with Crippen molar-refractivity contribution in [2.24, 2.45) is 11.8 Å². The molecule has 1 N–H and O–H groups in total. The zero-order valence-corrected chi connectivity index (χ0v) is 10.3. The van der Waals surface area contributed by atoms with E-state index in [0.717, 1.165) is 17.9 Å². The molecular formula is C13H26N2. The SMILES string of the molecule is CC(C)CC1CCN(C2CCNC2)CC1. The molecule has 0 aromatic rings. The Bertz CT molecular complexity index is 177. The molecule has 2 aliphatic rings. The summed E-state index contributed by atoms with van der Waals surface area (Å²) in [5, 5.41) is 3.47. The first-order valence-corrected chi connectivity index (χ1v) is 6.70. The van der Waals surface area contributed by atoms with E-state index in [1.165, 1.54) is 51.9 Å². The van der Waals surface area contributed by atoms with Crippen LogP contribution in [-0.2, 0) is 0 Å². The predicted octanol–water partition coefficient (Wildman–Crippen LogP) is 2.11. The van der Waals surface area contributed by atoms with Crippen LogP contribution in [0.15, 0.2) is 0 Å². The maximum Gasteiger partial charge on any atom is 0.0232 e. The molecule has 2 saturated heterocycles. The third kappa shape index (κ3) is 3.18. The number of piperidine rings is 1. The van der Waals surface area contributed by atoms with Crippen molar-refractivity contribution in [3.05, 3.63) is 0 Å². The summed E-state index contributed by atoms with van der Waals surface area (Å²) >= 11 is 0. The predicted molar refractivity (Wildman–Crippen MR) is 65.0 cm³/mol. The molecule has 0 aromatic carbocycles. The van der Waals surface area contributed by atoms with Gasteiger partial charge in [0, 0.05) is 12.6 Å². The van der Waals surface area contributed by atoms with E-state index in [4.69, 9.17) is 0 Å². The molecule has 2 heterocycles. The summed E-state index contributed by atoms with van der Waals surface area (Å²) in [5.41, 5.74) is 0. The molecule has 0 aromatic heterocycles. The van der Waals surface area contributed by atoms with Gasteiger partial charge in [0.1, 0.15) is 0 Å². The van der Waals surface area contributed by atoms with Crippen LogP contribution in [0.3, 0.4) is 0 Å². The highest BCUT2D eigenvalue weighted by molar-refractivity contribution is 4.84. The summed E-state index contributed by atoms with van der Waals surface area (Å²) in [4.78, 5) is 2.72. The number of hydrogen-bond acceptors (Lipinski definition) is 2. The van der Waals surface area contributed by atoms with Gasteiger partial charge >= 0.3 is 0 Å². The molecule has 0 aliphatic carbocycles. The summed E-state index contributed by atoms with van der Waals surface area (Å²) in [6.45, 7) is 9.87. The lowest BCUT2D eigenvalue weighted by Gasteiger charge is -2.36. The molecule has 88 valence electrons. The number of likely N-dealkylation sites (tertiary alicyclic amines) is 1. The number of nitrogens with one attached hydrogen (secondary N) is 1. The van der Waals surface area contributed by atoms with Gasteiger partial charge in [-0.1, -0.05) is 13.8 Å². The van der Waals surface area contributed by atoms with E-state index < -0.39 is 0 Å². The topological polar surface area (TPSA) is 15.3 Å². The maximum atomic E-state index is 3.47. The summed E-state index contributed by atoms with van der Waals surface area (Å²) in [6.07, 6.45) is 5.69. The lowest BCUT2D eigenvalue weighted by molar-refractivity contribution is 0.131. The van der Waals surface area contributed by atoms with Crippen molar-refractivity contribution in [2.75, 3.05) is 26.2 Å². The van der Waals surface area contributed by atoms with Crippen molar-refractivity contribution in [2.45, 2.75) is 45.6 Å². The van der Waals surface area contributed by atoms with Gasteiger partial charge in [-0.2, -0.15) is 0 Å². The first-order chi connectivity index (χ1) is 7.25. The molecule has 2 fully saturated rings. The molecule has 0 bridgehead atoms. The van der Waals surface area contributed by atoms with Crippen LogP contribution >= 0.6 is 0 Å². The second-order valence-electron chi connectivity index (χ2n) is 5.76. The minimum atomic E-state index is 0.852. The van der Waals surface area contributed by atoms with Gasteiger partial charge in [0.05, 0.1) is 0 Å². The second kappa shape index (κ2) is 5.31. The molecule has 2 nitrogen and oxygen atoms in total.